The summed E-state index contributed by atoms with van der Waals surface area (Å²) in [5, 5.41) is 3.33. The van der Waals surface area contributed by atoms with Crippen LogP contribution in [0.4, 0.5) is 0 Å². The summed E-state index contributed by atoms with van der Waals surface area (Å²) in [5.74, 6) is -0.132. The Morgan fingerprint density at radius 3 is 2.80 bits per heavy atom. The maximum atomic E-state index is 12.1. The fourth-order valence-electron chi connectivity index (χ4n) is 2.05. The monoisotopic (exact) mass is 284 g/mol. The Morgan fingerprint density at radius 1 is 1.35 bits per heavy atom. The van der Waals surface area contributed by atoms with Gasteiger partial charge >= 0.3 is 0 Å². The van der Waals surface area contributed by atoms with Crippen LogP contribution in [-0.4, -0.2) is 32.4 Å². The number of carbonyl (C=O) groups excluding carboxylic acids is 1. The molecule has 2 aromatic rings. The number of hydrogen-bond acceptors (Lipinski definition) is 4. The molecule has 0 atom stereocenters. The van der Waals surface area contributed by atoms with E-state index in [9.17, 15) is 4.79 Å². The molecule has 0 aliphatic carbocycles. The number of nitrogens with one attached hydrogen (secondary N) is 1. The first kappa shape index (κ1) is 12.7. The van der Waals surface area contributed by atoms with E-state index in [0.717, 1.165) is 11.0 Å². The third-order valence-electron chi connectivity index (χ3n) is 3.04. The SMILES string of the molecule is CCN1C(=O)/C(=C/c2cnc3ccccc3n2)NC1=S. The van der Waals surface area contributed by atoms with Crippen LogP contribution in [0.25, 0.3) is 17.1 Å². The Bertz CT molecular complexity index is 741. The van der Waals surface area contributed by atoms with Crippen molar-refractivity contribution in [1.82, 2.24) is 20.2 Å². The number of rotatable bonds is 2. The van der Waals surface area contributed by atoms with E-state index in [0.29, 0.717) is 23.0 Å². The van der Waals surface area contributed by atoms with Gasteiger partial charge in [-0.1, -0.05) is 12.1 Å². The predicted molar refractivity (Wildman–Crippen MR) is 80.6 cm³/mol. The predicted octanol–water partition coefficient (Wildman–Crippen LogP) is 1.71. The van der Waals surface area contributed by atoms with Crippen LogP contribution in [0, 0.1) is 0 Å². The van der Waals surface area contributed by atoms with Gasteiger partial charge in [-0.15, -0.1) is 0 Å². The number of carbonyl (C=O) groups is 1. The topological polar surface area (TPSA) is 58.1 Å². The minimum atomic E-state index is -0.132. The van der Waals surface area contributed by atoms with Crippen LogP contribution in [0.2, 0.25) is 0 Å². The molecule has 3 rings (SSSR count). The molecule has 0 radical (unpaired) electrons. The summed E-state index contributed by atoms with van der Waals surface area (Å²) in [5.41, 5.74) is 2.68. The summed E-state index contributed by atoms with van der Waals surface area (Å²) in [6, 6.07) is 7.60. The van der Waals surface area contributed by atoms with Crippen LogP contribution in [-0.2, 0) is 4.79 Å². The van der Waals surface area contributed by atoms with Crippen LogP contribution >= 0.6 is 12.2 Å². The number of likely N-dealkylation sites (N-methyl/N-ethyl adjacent to an activating group) is 1. The van der Waals surface area contributed by atoms with Crippen molar-refractivity contribution in [3.63, 3.8) is 0 Å². The Labute approximate surface area is 121 Å². The first-order valence-corrected chi connectivity index (χ1v) is 6.66. The molecular formula is C14H12N4OS. The average molecular weight is 284 g/mol. The standard InChI is InChI=1S/C14H12N4OS/c1-2-18-13(19)12(17-14(18)20)7-9-8-15-10-5-3-4-6-11(10)16-9/h3-8H,2H2,1H3,(H,17,20)/b12-7-. The largest absolute Gasteiger partial charge is 0.328 e. The summed E-state index contributed by atoms with van der Waals surface area (Å²) >= 11 is 5.10. The zero-order valence-corrected chi connectivity index (χ0v) is 11.6. The minimum Gasteiger partial charge on any atom is -0.328 e. The Kier molecular flexibility index (Phi) is 3.15. The molecule has 0 bridgehead atoms. The lowest BCUT2D eigenvalue weighted by Crippen LogP contribution is -2.30. The average Bonchev–Trinajstić information content (AvgIpc) is 2.73. The van der Waals surface area contributed by atoms with Gasteiger partial charge < -0.3 is 5.32 Å². The zero-order chi connectivity index (χ0) is 14.1. The van der Waals surface area contributed by atoms with Crippen LogP contribution < -0.4 is 5.32 Å². The first-order chi connectivity index (χ1) is 9.69. The van der Waals surface area contributed by atoms with Gasteiger partial charge in [-0.25, -0.2) is 4.98 Å². The van der Waals surface area contributed by atoms with E-state index in [-0.39, 0.29) is 5.91 Å². The molecule has 0 spiro atoms. The normalized spacial score (nSPS) is 17.1. The van der Waals surface area contributed by atoms with Crippen LogP contribution in [0.15, 0.2) is 36.2 Å². The maximum absolute atomic E-state index is 12.1. The lowest BCUT2D eigenvalue weighted by molar-refractivity contribution is -0.122. The van der Waals surface area contributed by atoms with Gasteiger partial charge in [-0.05, 0) is 37.4 Å². The highest BCUT2D eigenvalue weighted by molar-refractivity contribution is 7.80. The summed E-state index contributed by atoms with van der Waals surface area (Å²) in [6.07, 6.45) is 3.31. The van der Waals surface area contributed by atoms with E-state index in [1.165, 1.54) is 4.90 Å². The van der Waals surface area contributed by atoms with E-state index < -0.39 is 0 Å². The second-order valence-corrected chi connectivity index (χ2v) is 4.71. The summed E-state index contributed by atoms with van der Waals surface area (Å²) < 4.78 is 0. The molecule has 100 valence electrons. The second kappa shape index (κ2) is 4.97. The van der Waals surface area contributed by atoms with Crippen molar-refractivity contribution >= 4 is 40.3 Å². The van der Waals surface area contributed by atoms with E-state index in [1.54, 1.807) is 12.3 Å². The summed E-state index contributed by atoms with van der Waals surface area (Å²) in [4.78, 5) is 22.4. The third-order valence-corrected chi connectivity index (χ3v) is 3.36. The smallest absolute Gasteiger partial charge is 0.276 e. The van der Waals surface area contributed by atoms with Gasteiger partial charge in [0.25, 0.3) is 5.91 Å². The lowest BCUT2D eigenvalue weighted by Gasteiger charge is -2.08. The molecule has 1 N–H and O–H groups in total. The zero-order valence-electron chi connectivity index (χ0n) is 10.8. The summed E-state index contributed by atoms with van der Waals surface area (Å²) in [7, 11) is 0. The first-order valence-electron chi connectivity index (χ1n) is 6.25. The van der Waals surface area contributed by atoms with Gasteiger partial charge in [-0.3, -0.25) is 14.7 Å². The van der Waals surface area contributed by atoms with Crippen molar-refractivity contribution in [1.29, 1.82) is 0 Å². The van der Waals surface area contributed by atoms with E-state index in [4.69, 9.17) is 12.2 Å². The van der Waals surface area contributed by atoms with Crippen molar-refractivity contribution in [2.45, 2.75) is 6.92 Å². The molecule has 1 saturated heterocycles. The second-order valence-electron chi connectivity index (χ2n) is 4.32. The molecule has 1 amide bonds. The number of para-hydroxylation sites is 2. The fourth-order valence-corrected chi connectivity index (χ4v) is 2.37. The molecule has 1 aromatic heterocycles. The Hall–Kier alpha value is -2.34. The number of aromatic nitrogens is 2. The van der Waals surface area contributed by atoms with Gasteiger partial charge in [0.05, 0.1) is 22.9 Å². The minimum absolute atomic E-state index is 0.132. The van der Waals surface area contributed by atoms with Gasteiger partial charge in [0.15, 0.2) is 5.11 Å². The van der Waals surface area contributed by atoms with E-state index in [1.807, 2.05) is 31.2 Å². The molecule has 0 saturated carbocycles. The molecule has 1 aliphatic rings. The highest BCUT2D eigenvalue weighted by Gasteiger charge is 2.29. The number of nitrogens with zero attached hydrogens (tertiary/aromatic N) is 3. The van der Waals surface area contributed by atoms with Crippen molar-refractivity contribution in [3.05, 3.63) is 41.9 Å². The summed E-state index contributed by atoms with van der Waals surface area (Å²) in [6.45, 7) is 2.43. The lowest BCUT2D eigenvalue weighted by atomic mass is 10.2. The van der Waals surface area contributed by atoms with E-state index in [2.05, 4.69) is 15.3 Å². The Morgan fingerprint density at radius 2 is 2.10 bits per heavy atom. The van der Waals surface area contributed by atoms with Crippen LogP contribution in [0.3, 0.4) is 0 Å². The number of fused-ring (bicyclic) bond motifs is 1. The van der Waals surface area contributed by atoms with Gasteiger partial charge in [0, 0.05) is 6.54 Å². The molecule has 1 fully saturated rings. The van der Waals surface area contributed by atoms with Crippen molar-refractivity contribution < 1.29 is 4.79 Å². The van der Waals surface area contributed by atoms with Crippen LogP contribution in [0.1, 0.15) is 12.6 Å². The number of benzene rings is 1. The highest BCUT2D eigenvalue weighted by atomic mass is 32.1. The third kappa shape index (κ3) is 2.14. The molecular weight excluding hydrogens is 272 g/mol. The van der Waals surface area contributed by atoms with Gasteiger partial charge in [-0.2, -0.15) is 0 Å². The van der Waals surface area contributed by atoms with Gasteiger partial charge in [0.2, 0.25) is 0 Å². The van der Waals surface area contributed by atoms with Crippen LogP contribution in [0.5, 0.6) is 0 Å². The van der Waals surface area contributed by atoms with Crippen molar-refractivity contribution in [3.8, 4) is 0 Å². The van der Waals surface area contributed by atoms with Crippen molar-refractivity contribution in [2.75, 3.05) is 6.54 Å². The molecule has 2 heterocycles. The Balaban J connectivity index is 1.98. The highest BCUT2D eigenvalue weighted by Crippen LogP contribution is 2.14. The van der Waals surface area contributed by atoms with Gasteiger partial charge in [0.1, 0.15) is 5.70 Å². The molecule has 6 heteroatoms. The van der Waals surface area contributed by atoms with E-state index >= 15 is 0 Å². The quantitative estimate of drug-likeness (QED) is 0.672. The number of amides is 1. The molecule has 1 aromatic carbocycles. The number of thiocarbonyl (C=S) groups is 1. The number of hydrogen-bond donors (Lipinski definition) is 1. The maximum Gasteiger partial charge on any atom is 0.276 e. The fraction of sp³-hybridized carbons (Fsp3) is 0.143. The molecule has 5 nitrogen and oxygen atoms in total. The molecule has 1 aliphatic heterocycles. The van der Waals surface area contributed by atoms with Crippen molar-refractivity contribution in [2.24, 2.45) is 0 Å². The molecule has 0 unspecified atom stereocenters. The molecule has 20 heavy (non-hydrogen) atoms.